The Kier molecular flexibility index (Phi) is 8.37. The van der Waals surface area contributed by atoms with Gasteiger partial charge in [-0.05, 0) is 61.7 Å². The molecule has 9 nitrogen and oxygen atoms in total. The lowest BCUT2D eigenvalue weighted by Gasteiger charge is -2.19. The molecule has 41 heavy (non-hydrogen) atoms. The van der Waals surface area contributed by atoms with E-state index in [1.165, 1.54) is 16.8 Å². The smallest absolute Gasteiger partial charge is 0.266 e. The number of hydrogen-bond donors (Lipinski definition) is 1. The third-order valence-corrected chi connectivity index (χ3v) is 7.11. The molecule has 212 valence electrons. The Morgan fingerprint density at radius 1 is 1.05 bits per heavy atom. The number of methoxy groups -OCH3 is 1. The Labute approximate surface area is 237 Å². The number of aromatic nitrogens is 3. The van der Waals surface area contributed by atoms with Crippen LogP contribution in [-0.2, 0) is 17.8 Å². The van der Waals surface area contributed by atoms with Crippen molar-refractivity contribution >= 4 is 22.5 Å². The number of nitrogens with one attached hydrogen (secondary N) is 1. The lowest BCUT2D eigenvalue weighted by Crippen LogP contribution is -2.32. The number of rotatable bonds is 10. The molecule has 5 rings (SSSR count). The monoisotopic (exact) mass is 557 g/mol. The van der Waals surface area contributed by atoms with Crippen molar-refractivity contribution in [2.45, 2.75) is 46.1 Å². The first-order valence-corrected chi connectivity index (χ1v) is 13.7. The zero-order valence-corrected chi connectivity index (χ0v) is 23.3. The Morgan fingerprint density at radius 3 is 2.63 bits per heavy atom. The van der Waals surface area contributed by atoms with Crippen LogP contribution < -0.4 is 20.5 Å². The maximum Gasteiger partial charge on any atom is 0.266 e. The first-order valence-electron chi connectivity index (χ1n) is 13.7. The van der Waals surface area contributed by atoms with Crippen molar-refractivity contribution in [3.63, 3.8) is 0 Å². The number of nitrogens with zero attached hydrogens (tertiary/aromatic N) is 4. The number of benzene rings is 2. The molecule has 1 unspecified atom stereocenters. The maximum atomic E-state index is 14.7. The summed E-state index contributed by atoms with van der Waals surface area (Å²) >= 11 is 0. The van der Waals surface area contributed by atoms with Gasteiger partial charge in [0.15, 0.2) is 11.6 Å². The van der Waals surface area contributed by atoms with Crippen LogP contribution in [0, 0.1) is 11.7 Å². The van der Waals surface area contributed by atoms with Crippen molar-refractivity contribution < 1.29 is 18.7 Å². The molecule has 0 fully saturated rings. The summed E-state index contributed by atoms with van der Waals surface area (Å²) in [6, 6.07) is 15.7. The molecule has 0 saturated heterocycles. The van der Waals surface area contributed by atoms with Gasteiger partial charge in [-0.15, -0.1) is 0 Å². The summed E-state index contributed by atoms with van der Waals surface area (Å²) in [5.74, 6) is 0.0871. The van der Waals surface area contributed by atoms with Crippen LogP contribution >= 0.6 is 0 Å². The Balaban J connectivity index is 1.22. The van der Waals surface area contributed by atoms with E-state index in [2.05, 4.69) is 22.5 Å². The fourth-order valence-electron chi connectivity index (χ4n) is 4.90. The topological polar surface area (TPSA) is 108 Å². The summed E-state index contributed by atoms with van der Waals surface area (Å²) in [4.78, 5) is 28.8. The maximum absolute atomic E-state index is 14.7. The van der Waals surface area contributed by atoms with E-state index in [1.54, 1.807) is 25.3 Å². The zero-order valence-electron chi connectivity index (χ0n) is 23.3. The van der Waals surface area contributed by atoms with Gasteiger partial charge < -0.3 is 9.47 Å². The van der Waals surface area contributed by atoms with Crippen molar-refractivity contribution in [2.75, 3.05) is 13.7 Å². The second-order valence-corrected chi connectivity index (χ2v) is 9.99. The summed E-state index contributed by atoms with van der Waals surface area (Å²) in [7, 11) is 1.62. The minimum Gasteiger partial charge on any atom is -0.494 e. The highest BCUT2D eigenvalue weighted by atomic mass is 19.1. The average Bonchev–Trinajstić information content (AvgIpc) is 2.97. The summed E-state index contributed by atoms with van der Waals surface area (Å²) in [6.45, 7) is 4.62. The number of aryl methyl sites for hydroxylation is 2. The lowest BCUT2D eigenvalue weighted by atomic mass is 9.94. The Morgan fingerprint density at radius 2 is 1.88 bits per heavy atom. The quantitative estimate of drug-likeness (QED) is 0.278. The molecule has 10 heteroatoms. The summed E-state index contributed by atoms with van der Waals surface area (Å²) in [5.41, 5.74) is 6.75. The number of ether oxygens (including phenoxy) is 2. The van der Waals surface area contributed by atoms with Crippen molar-refractivity contribution in [3.05, 3.63) is 82.0 Å². The number of fused-ring (bicyclic) bond motifs is 1. The van der Waals surface area contributed by atoms with Gasteiger partial charge in [0.05, 0.1) is 25.1 Å². The number of pyridine rings is 1. The van der Waals surface area contributed by atoms with E-state index in [9.17, 15) is 14.0 Å². The lowest BCUT2D eigenvalue weighted by molar-refractivity contribution is -0.121. The van der Waals surface area contributed by atoms with E-state index in [1.807, 2.05) is 31.2 Å². The fourth-order valence-corrected chi connectivity index (χ4v) is 4.90. The molecule has 4 aromatic rings. The summed E-state index contributed by atoms with van der Waals surface area (Å²) in [5, 5.41) is 9.60. The molecule has 1 atom stereocenters. The third kappa shape index (κ3) is 6.11. The van der Waals surface area contributed by atoms with Gasteiger partial charge in [0.25, 0.3) is 5.56 Å². The van der Waals surface area contributed by atoms with Crippen LogP contribution in [0.15, 0.2) is 64.5 Å². The molecule has 0 bridgehead atoms. The van der Waals surface area contributed by atoms with Gasteiger partial charge in [-0.3, -0.25) is 9.59 Å². The molecular weight excluding hydrogens is 525 g/mol. The van der Waals surface area contributed by atoms with E-state index >= 15 is 0 Å². The van der Waals surface area contributed by atoms with E-state index in [0.29, 0.717) is 48.5 Å². The van der Waals surface area contributed by atoms with Crippen molar-refractivity contribution in [1.29, 1.82) is 0 Å². The predicted octanol–water partition coefficient (Wildman–Crippen LogP) is 4.89. The SMILES string of the molecule is CCc1ccc2c(-c3ccc(=O)n(CCCCOc4ccc(C5=NNC(=O)CC5C)cc4F)n3)ccc(OC)c2n1. The number of carbonyl (C=O) groups excluding carboxylic acids is 1. The number of amides is 1. The van der Waals surface area contributed by atoms with Gasteiger partial charge >= 0.3 is 0 Å². The van der Waals surface area contributed by atoms with E-state index < -0.39 is 5.82 Å². The molecular formula is C31H32FN5O4. The second kappa shape index (κ2) is 12.3. The molecule has 1 aliphatic rings. The van der Waals surface area contributed by atoms with Gasteiger partial charge in [-0.25, -0.2) is 19.5 Å². The van der Waals surface area contributed by atoms with Crippen LogP contribution in [0.1, 0.15) is 44.4 Å². The van der Waals surface area contributed by atoms with Crippen molar-refractivity contribution in [2.24, 2.45) is 11.0 Å². The van der Waals surface area contributed by atoms with Gasteiger partial charge in [-0.1, -0.05) is 19.9 Å². The zero-order chi connectivity index (χ0) is 28.9. The van der Waals surface area contributed by atoms with Crippen molar-refractivity contribution in [1.82, 2.24) is 20.2 Å². The Bertz CT molecular complexity index is 1680. The van der Waals surface area contributed by atoms with E-state index in [-0.39, 0.29) is 29.7 Å². The van der Waals surface area contributed by atoms with Crippen LogP contribution in [-0.4, -0.2) is 40.1 Å². The van der Waals surface area contributed by atoms with Crippen LogP contribution in [0.4, 0.5) is 4.39 Å². The van der Waals surface area contributed by atoms with Crippen LogP contribution in [0.2, 0.25) is 0 Å². The average molecular weight is 558 g/mol. The summed E-state index contributed by atoms with van der Waals surface area (Å²) in [6.07, 6.45) is 2.34. The van der Waals surface area contributed by atoms with Gasteiger partial charge in [0, 0.05) is 47.2 Å². The van der Waals surface area contributed by atoms with Gasteiger partial charge in [0.1, 0.15) is 11.3 Å². The minimum absolute atomic E-state index is 0.0977. The molecule has 2 aromatic carbocycles. The molecule has 0 radical (unpaired) electrons. The molecule has 1 aliphatic heterocycles. The highest BCUT2D eigenvalue weighted by molar-refractivity contribution is 6.05. The van der Waals surface area contributed by atoms with Crippen LogP contribution in [0.3, 0.4) is 0 Å². The normalized spacial score (nSPS) is 15.0. The molecule has 2 aromatic heterocycles. The summed E-state index contributed by atoms with van der Waals surface area (Å²) < 4.78 is 27.3. The highest BCUT2D eigenvalue weighted by Gasteiger charge is 2.22. The first kappa shape index (κ1) is 27.9. The molecule has 1 amide bonds. The first-order chi connectivity index (χ1) is 19.9. The highest BCUT2D eigenvalue weighted by Crippen LogP contribution is 2.32. The molecule has 0 saturated carbocycles. The third-order valence-electron chi connectivity index (χ3n) is 7.11. The molecule has 1 N–H and O–H groups in total. The molecule has 0 aliphatic carbocycles. The minimum atomic E-state index is -0.493. The molecule has 3 heterocycles. The number of hydrazone groups is 1. The van der Waals surface area contributed by atoms with Gasteiger partial charge in [0.2, 0.25) is 5.91 Å². The molecule has 0 spiro atoms. The standard InChI is InChI=1S/C31H32FN5O4/c1-4-21-8-9-23-22(10-13-27(40-3)31(23)33-21)25-11-14-29(39)37(36-25)15-5-6-16-41-26-12-7-20(18-24(26)32)30-19(2)17-28(38)34-35-30/h7-14,18-19H,4-6,15-17H2,1-3H3,(H,34,38). The van der Waals surface area contributed by atoms with E-state index in [0.717, 1.165) is 28.6 Å². The second-order valence-electron chi connectivity index (χ2n) is 9.99. The van der Waals surface area contributed by atoms with Gasteiger partial charge in [-0.2, -0.15) is 10.2 Å². The number of unbranched alkanes of at least 4 members (excludes halogenated alkanes) is 1. The fraction of sp³-hybridized carbons (Fsp3) is 0.323. The number of halogens is 1. The van der Waals surface area contributed by atoms with Crippen LogP contribution in [0.25, 0.3) is 22.2 Å². The largest absolute Gasteiger partial charge is 0.494 e. The van der Waals surface area contributed by atoms with E-state index in [4.69, 9.17) is 14.5 Å². The number of hydrogen-bond acceptors (Lipinski definition) is 7. The Hall–Kier alpha value is -4.60. The van der Waals surface area contributed by atoms with Crippen molar-refractivity contribution in [3.8, 4) is 22.8 Å². The van der Waals surface area contributed by atoms with Crippen LogP contribution in [0.5, 0.6) is 11.5 Å². The number of carbonyl (C=O) groups is 1. The predicted molar refractivity (Wildman–Crippen MR) is 155 cm³/mol.